The standard InChI is InChI=1S/C13H17ClFNO3S/c1-2-12(8-5-10(17)6-8)16-20(18,19)13-4-3-9(15)7-11(13)14/h3-4,7-8,10,12,16-17H,2,5-6H2,1H3/t8?,10?,12-/m0/s1. The minimum Gasteiger partial charge on any atom is -0.393 e. The molecule has 1 aromatic carbocycles. The van der Waals surface area contributed by atoms with Crippen LogP contribution in [0.3, 0.4) is 0 Å². The van der Waals surface area contributed by atoms with Gasteiger partial charge in [0.1, 0.15) is 10.7 Å². The highest BCUT2D eigenvalue weighted by molar-refractivity contribution is 7.89. The van der Waals surface area contributed by atoms with Crippen LogP contribution in [-0.2, 0) is 10.0 Å². The Labute approximate surface area is 123 Å². The highest BCUT2D eigenvalue weighted by atomic mass is 35.5. The van der Waals surface area contributed by atoms with Crippen molar-refractivity contribution in [2.24, 2.45) is 5.92 Å². The summed E-state index contributed by atoms with van der Waals surface area (Å²) in [6.07, 6.45) is 1.47. The zero-order chi connectivity index (χ0) is 14.9. The van der Waals surface area contributed by atoms with E-state index >= 15 is 0 Å². The van der Waals surface area contributed by atoms with Crippen molar-refractivity contribution in [3.05, 3.63) is 29.0 Å². The first-order valence-corrected chi connectivity index (χ1v) is 8.35. The molecule has 2 rings (SSSR count). The van der Waals surface area contributed by atoms with Crippen molar-refractivity contribution in [3.8, 4) is 0 Å². The van der Waals surface area contributed by atoms with Crippen molar-refractivity contribution < 1.29 is 17.9 Å². The topological polar surface area (TPSA) is 66.4 Å². The van der Waals surface area contributed by atoms with Crippen LogP contribution in [0.1, 0.15) is 26.2 Å². The lowest BCUT2D eigenvalue weighted by Crippen LogP contribution is -2.46. The van der Waals surface area contributed by atoms with E-state index in [1.165, 1.54) is 0 Å². The molecule has 20 heavy (non-hydrogen) atoms. The maximum atomic E-state index is 13.0. The Hall–Kier alpha value is -0.690. The molecule has 1 fully saturated rings. The lowest BCUT2D eigenvalue weighted by atomic mass is 9.77. The van der Waals surface area contributed by atoms with Crippen LogP contribution in [0, 0.1) is 11.7 Å². The first kappa shape index (κ1) is 15.7. The summed E-state index contributed by atoms with van der Waals surface area (Å²) in [6.45, 7) is 1.88. The molecule has 4 nitrogen and oxygen atoms in total. The van der Waals surface area contributed by atoms with Crippen molar-refractivity contribution in [2.45, 2.75) is 43.2 Å². The van der Waals surface area contributed by atoms with E-state index < -0.39 is 15.8 Å². The first-order valence-electron chi connectivity index (χ1n) is 6.49. The maximum Gasteiger partial charge on any atom is 0.242 e. The van der Waals surface area contributed by atoms with Crippen LogP contribution in [0.15, 0.2) is 23.1 Å². The van der Waals surface area contributed by atoms with E-state index in [0.717, 1.165) is 18.2 Å². The number of benzene rings is 1. The van der Waals surface area contributed by atoms with E-state index in [1.807, 2.05) is 6.92 Å². The predicted octanol–water partition coefficient (Wildman–Crippen LogP) is 2.31. The van der Waals surface area contributed by atoms with Gasteiger partial charge in [0.15, 0.2) is 0 Å². The van der Waals surface area contributed by atoms with Gasteiger partial charge in [0, 0.05) is 6.04 Å². The van der Waals surface area contributed by atoms with Crippen LogP contribution in [0.2, 0.25) is 5.02 Å². The molecule has 0 heterocycles. The van der Waals surface area contributed by atoms with Gasteiger partial charge in [-0.05, 0) is 43.4 Å². The summed E-state index contributed by atoms with van der Waals surface area (Å²) >= 11 is 5.79. The van der Waals surface area contributed by atoms with Gasteiger partial charge in [0.05, 0.1) is 11.1 Å². The van der Waals surface area contributed by atoms with Crippen LogP contribution in [0.5, 0.6) is 0 Å². The number of hydrogen-bond donors (Lipinski definition) is 2. The largest absolute Gasteiger partial charge is 0.393 e. The van der Waals surface area contributed by atoms with E-state index in [-0.39, 0.29) is 28.0 Å². The average molecular weight is 322 g/mol. The molecule has 7 heteroatoms. The van der Waals surface area contributed by atoms with Crippen molar-refractivity contribution >= 4 is 21.6 Å². The number of sulfonamides is 1. The van der Waals surface area contributed by atoms with E-state index in [4.69, 9.17) is 11.6 Å². The molecular formula is C13H17ClFNO3S. The Kier molecular flexibility index (Phi) is 4.69. The minimum absolute atomic E-state index is 0.126. The van der Waals surface area contributed by atoms with Crippen LogP contribution in [0.25, 0.3) is 0 Å². The Morgan fingerprint density at radius 2 is 2.15 bits per heavy atom. The molecule has 0 aromatic heterocycles. The lowest BCUT2D eigenvalue weighted by Gasteiger charge is -2.37. The highest BCUT2D eigenvalue weighted by Gasteiger charge is 2.35. The lowest BCUT2D eigenvalue weighted by molar-refractivity contribution is 0.0277. The molecule has 0 aliphatic heterocycles. The summed E-state index contributed by atoms with van der Waals surface area (Å²) in [6, 6.07) is 2.95. The van der Waals surface area contributed by atoms with Crippen LogP contribution >= 0.6 is 11.6 Å². The number of rotatable bonds is 5. The SMILES string of the molecule is CC[C@H](NS(=O)(=O)c1ccc(F)cc1Cl)C1CC(O)C1. The fourth-order valence-corrected chi connectivity index (χ4v) is 4.35. The molecule has 0 amide bonds. The van der Waals surface area contributed by atoms with Crippen molar-refractivity contribution in [2.75, 3.05) is 0 Å². The number of aliphatic hydroxyl groups is 1. The van der Waals surface area contributed by atoms with Gasteiger partial charge < -0.3 is 5.11 Å². The van der Waals surface area contributed by atoms with Gasteiger partial charge in [-0.25, -0.2) is 17.5 Å². The normalized spacial score (nSPS) is 24.2. The molecule has 0 unspecified atom stereocenters. The molecule has 1 saturated carbocycles. The summed E-state index contributed by atoms with van der Waals surface area (Å²) in [5, 5.41) is 9.17. The third kappa shape index (κ3) is 3.31. The van der Waals surface area contributed by atoms with Gasteiger partial charge in [-0.15, -0.1) is 0 Å². The molecule has 1 atom stereocenters. The molecule has 1 aliphatic rings. The summed E-state index contributed by atoms with van der Waals surface area (Å²) in [5.74, 6) is -0.452. The van der Waals surface area contributed by atoms with Gasteiger partial charge in [-0.3, -0.25) is 0 Å². The second-order valence-corrected chi connectivity index (χ2v) is 7.19. The van der Waals surface area contributed by atoms with Crippen LogP contribution < -0.4 is 4.72 Å². The molecule has 0 radical (unpaired) electrons. The predicted molar refractivity (Wildman–Crippen MR) is 74.5 cm³/mol. The molecule has 1 aromatic rings. The number of hydrogen-bond acceptors (Lipinski definition) is 3. The molecular weight excluding hydrogens is 305 g/mol. The van der Waals surface area contributed by atoms with Crippen molar-refractivity contribution in [3.63, 3.8) is 0 Å². The zero-order valence-corrected chi connectivity index (χ0v) is 12.6. The smallest absolute Gasteiger partial charge is 0.242 e. The first-order chi connectivity index (χ1) is 9.33. The Morgan fingerprint density at radius 1 is 1.50 bits per heavy atom. The third-order valence-corrected chi connectivity index (χ3v) is 5.62. The monoisotopic (exact) mass is 321 g/mol. The fourth-order valence-electron chi connectivity index (χ4n) is 2.43. The number of aliphatic hydroxyl groups excluding tert-OH is 1. The molecule has 0 saturated heterocycles. The molecule has 0 spiro atoms. The van der Waals surface area contributed by atoms with E-state index in [2.05, 4.69) is 4.72 Å². The van der Waals surface area contributed by atoms with Gasteiger partial charge >= 0.3 is 0 Å². The van der Waals surface area contributed by atoms with Crippen LogP contribution in [0.4, 0.5) is 4.39 Å². The van der Waals surface area contributed by atoms with E-state index in [1.54, 1.807) is 0 Å². The van der Waals surface area contributed by atoms with E-state index in [0.29, 0.717) is 19.3 Å². The molecule has 112 valence electrons. The van der Waals surface area contributed by atoms with Gasteiger partial charge in [-0.1, -0.05) is 18.5 Å². The van der Waals surface area contributed by atoms with Gasteiger partial charge in [0.2, 0.25) is 10.0 Å². The number of halogens is 2. The summed E-state index contributed by atoms with van der Waals surface area (Å²) in [7, 11) is -3.79. The molecule has 0 bridgehead atoms. The van der Waals surface area contributed by atoms with Crippen molar-refractivity contribution in [1.82, 2.24) is 4.72 Å². The second kappa shape index (κ2) is 5.97. The molecule has 2 N–H and O–H groups in total. The third-order valence-electron chi connectivity index (χ3n) is 3.65. The second-order valence-electron chi connectivity index (χ2n) is 5.10. The average Bonchev–Trinajstić information content (AvgIpc) is 2.32. The Bertz CT molecular complexity index is 587. The summed E-state index contributed by atoms with van der Waals surface area (Å²) in [5.41, 5.74) is 0. The Morgan fingerprint density at radius 3 is 2.65 bits per heavy atom. The fraction of sp³-hybridized carbons (Fsp3) is 0.538. The summed E-state index contributed by atoms with van der Waals surface area (Å²) < 4.78 is 40.1. The van der Waals surface area contributed by atoms with E-state index in [9.17, 15) is 17.9 Å². The summed E-state index contributed by atoms with van der Waals surface area (Å²) in [4.78, 5) is -0.126. The zero-order valence-electron chi connectivity index (χ0n) is 11.0. The maximum absolute atomic E-state index is 13.0. The quantitative estimate of drug-likeness (QED) is 0.874. The molecule has 1 aliphatic carbocycles. The van der Waals surface area contributed by atoms with Gasteiger partial charge in [0.25, 0.3) is 0 Å². The number of nitrogens with one attached hydrogen (secondary N) is 1. The van der Waals surface area contributed by atoms with Crippen molar-refractivity contribution in [1.29, 1.82) is 0 Å². The van der Waals surface area contributed by atoms with Crippen LogP contribution in [-0.4, -0.2) is 25.7 Å². The highest BCUT2D eigenvalue weighted by Crippen LogP contribution is 2.32. The Balaban J connectivity index is 2.17. The minimum atomic E-state index is -3.79. The van der Waals surface area contributed by atoms with Gasteiger partial charge in [-0.2, -0.15) is 0 Å².